The van der Waals surface area contributed by atoms with Crippen molar-refractivity contribution in [2.45, 2.75) is 6.54 Å². The van der Waals surface area contributed by atoms with Crippen LogP contribution in [0.25, 0.3) is 0 Å². The first-order valence-corrected chi connectivity index (χ1v) is 8.56. The van der Waals surface area contributed by atoms with Crippen LogP contribution in [0.2, 0.25) is 0 Å². The Bertz CT molecular complexity index is 712. The van der Waals surface area contributed by atoms with Gasteiger partial charge in [0.15, 0.2) is 5.82 Å². The summed E-state index contributed by atoms with van der Waals surface area (Å²) < 4.78 is 5.71. The van der Waals surface area contributed by atoms with Crippen molar-refractivity contribution in [1.29, 1.82) is 0 Å². The predicted octanol–water partition coefficient (Wildman–Crippen LogP) is 1.20. The van der Waals surface area contributed by atoms with Gasteiger partial charge in [0.25, 0.3) is 0 Å². The fourth-order valence-corrected chi connectivity index (χ4v) is 3.79. The number of hydrogen-bond acceptors (Lipinski definition) is 6. The molecule has 7 heteroatoms. The maximum absolute atomic E-state index is 12.7. The van der Waals surface area contributed by atoms with Crippen LogP contribution in [0.4, 0.5) is 5.82 Å². The second-order valence-electron chi connectivity index (χ2n) is 6.66. The standard InChI is InChI=1S/C18H21N5O2/c24-18(22-17-7-19-5-6-21-17)16-12-25-11-13-8-23(10-15(13)16)9-14-3-1-2-4-20-14/h1-7,13,15-16H,8-12H2,(H,21,22,24)/t13-,15-,16+/m1/s1. The van der Waals surface area contributed by atoms with Crippen molar-refractivity contribution in [3.63, 3.8) is 0 Å². The molecule has 0 radical (unpaired) electrons. The van der Waals surface area contributed by atoms with Gasteiger partial charge in [-0.3, -0.25) is 19.7 Å². The number of carbonyl (C=O) groups is 1. The molecule has 4 heterocycles. The average molecular weight is 339 g/mol. The zero-order valence-electron chi connectivity index (χ0n) is 13.9. The lowest BCUT2D eigenvalue weighted by Gasteiger charge is -2.31. The third-order valence-electron chi connectivity index (χ3n) is 4.98. The van der Waals surface area contributed by atoms with E-state index < -0.39 is 0 Å². The van der Waals surface area contributed by atoms with E-state index in [1.807, 2.05) is 24.4 Å². The molecule has 2 aromatic rings. The molecule has 2 saturated heterocycles. The van der Waals surface area contributed by atoms with Crippen LogP contribution < -0.4 is 5.32 Å². The Hall–Kier alpha value is -2.38. The topological polar surface area (TPSA) is 80.2 Å². The number of pyridine rings is 1. The first kappa shape index (κ1) is 16.1. The van der Waals surface area contributed by atoms with Gasteiger partial charge in [-0.15, -0.1) is 0 Å². The quantitative estimate of drug-likeness (QED) is 0.902. The van der Waals surface area contributed by atoms with E-state index in [0.29, 0.717) is 24.3 Å². The Kier molecular flexibility index (Phi) is 4.67. The van der Waals surface area contributed by atoms with E-state index in [9.17, 15) is 4.79 Å². The van der Waals surface area contributed by atoms with Crippen LogP contribution in [0.1, 0.15) is 5.69 Å². The van der Waals surface area contributed by atoms with Crippen molar-refractivity contribution in [2.75, 3.05) is 31.6 Å². The van der Waals surface area contributed by atoms with E-state index in [1.54, 1.807) is 18.6 Å². The summed E-state index contributed by atoms with van der Waals surface area (Å²) in [5.41, 5.74) is 1.06. The van der Waals surface area contributed by atoms with Gasteiger partial charge >= 0.3 is 0 Å². The number of anilines is 1. The number of amides is 1. The molecular formula is C18H21N5O2. The maximum Gasteiger partial charge on any atom is 0.231 e. The Balaban J connectivity index is 1.41. The second kappa shape index (κ2) is 7.25. The number of nitrogens with zero attached hydrogens (tertiary/aromatic N) is 4. The number of likely N-dealkylation sites (tertiary alicyclic amines) is 1. The molecule has 2 aliphatic heterocycles. The van der Waals surface area contributed by atoms with E-state index in [-0.39, 0.29) is 11.8 Å². The van der Waals surface area contributed by atoms with Crippen LogP contribution in [0, 0.1) is 17.8 Å². The van der Waals surface area contributed by atoms with Gasteiger partial charge in [0.1, 0.15) is 0 Å². The van der Waals surface area contributed by atoms with E-state index in [0.717, 1.165) is 31.9 Å². The molecule has 0 aromatic carbocycles. The molecule has 0 unspecified atom stereocenters. The Morgan fingerprint density at radius 1 is 1.20 bits per heavy atom. The third-order valence-corrected chi connectivity index (χ3v) is 4.98. The number of hydrogen-bond donors (Lipinski definition) is 1. The monoisotopic (exact) mass is 339 g/mol. The number of fused-ring (bicyclic) bond motifs is 1. The first-order chi connectivity index (χ1) is 12.3. The van der Waals surface area contributed by atoms with Crippen LogP contribution in [0.3, 0.4) is 0 Å². The molecule has 0 saturated carbocycles. The lowest BCUT2D eigenvalue weighted by atomic mass is 9.82. The molecule has 1 N–H and O–H groups in total. The third kappa shape index (κ3) is 3.67. The van der Waals surface area contributed by atoms with Gasteiger partial charge in [-0.2, -0.15) is 0 Å². The number of ether oxygens (including phenoxy) is 1. The highest BCUT2D eigenvalue weighted by Gasteiger charge is 2.43. The van der Waals surface area contributed by atoms with Crippen molar-refractivity contribution in [3.05, 3.63) is 48.7 Å². The van der Waals surface area contributed by atoms with Crippen LogP contribution in [-0.4, -0.2) is 52.1 Å². The summed E-state index contributed by atoms with van der Waals surface area (Å²) >= 11 is 0. The molecule has 0 bridgehead atoms. The van der Waals surface area contributed by atoms with Gasteiger partial charge < -0.3 is 10.1 Å². The zero-order chi connectivity index (χ0) is 17.1. The highest BCUT2D eigenvalue weighted by molar-refractivity contribution is 5.92. The molecule has 0 spiro atoms. The van der Waals surface area contributed by atoms with Crippen LogP contribution in [0.15, 0.2) is 43.0 Å². The Morgan fingerprint density at radius 3 is 2.96 bits per heavy atom. The molecule has 2 aromatic heterocycles. The minimum absolute atomic E-state index is 0.0325. The summed E-state index contributed by atoms with van der Waals surface area (Å²) in [5, 5.41) is 2.87. The average Bonchev–Trinajstić information content (AvgIpc) is 3.05. The molecule has 7 nitrogen and oxygen atoms in total. The molecule has 3 atom stereocenters. The SMILES string of the molecule is O=C(Nc1cnccn1)[C@H]1COC[C@H]2CN(Cc3ccccn3)C[C@H]21. The van der Waals surface area contributed by atoms with Crippen molar-refractivity contribution < 1.29 is 9.53 Å². The van der Waals surface area contributed by atoms with E-state index in [4.69, 9.17) is 4.74 Å². The molecule has 2 fully saturated rings. The smallest absolute Gasteiger partial charge is 0.231 e. The highest BCUT2D eigenvalue weighted by Crippen LogP contribution is 2.35. The summed E-state index contributed by atoms with van der Waals surface area (Å²) in [6, 6.07) is 5.97. The summed E-state index contributed by atoms with van der Waals surface area (Å²) in [5.74, 6) is 0.978. The molecular weight excluding hydrogens is 318 g/mol. The molecule has 130 valence electrons. The van der Waals surface area contributed by atoms with Crippen LogP contribution in [-0.2, 0) is 16.1 Å². The van der Waals surface area contributed by atoms with Crippen molar-refractivity contribution >= 4 is 11.7 Å². The molecule has 2 aliphatic rings. The predicted molar refractivity (Wildman–Crippen MR) is 91.5 cm³/mol. The summed E-state index contributed by atoms with van der Waals surface area (Å²) in [6.45, 7) is 3.83. The summed E-state index contributed by atoms with van der Waals surface area (Å²) in [7, 11) is 0. The van der Waals surface area contributed by atoms with Crippen molar-refractivity contribution in [1.82, 2.24) is 19.9 Å². The van der Waals surface area contributed by atoms with Crippen molar-refractivity contribution in [2.24, 2.45) is 17.8 Å². The van der Waals surface area contributed by atoms with Gasteiger partial charge in [-0.1, -0.05) is 6.07 Å². The summed E-state index contributed by atoms with van der Waals surface area (Å²) in [6.07, 6.45) is 6.53. The van der Waals surface area contributed by atoms with Gasteiger partial charge in [-0.05, 0) is 24.0 Å². The van der Waals surface area contributed by atoms with Crippen LogP contribution in [0.5, 0.6) is 0 Å². The maximum atomic E-state index is 12.7. The van der Waals surface area contributed by atoms with Crippen molar-refractivity contribution in [3.8, 4) is 0 Å². The molecule has 4 rings (SSSR count). The van der Waals surface area contributed by atoms with E-state index >= 15 is 0 Å². The lowest BCUT2D eigenvalue weighted by molar-refractivity contribution is -0.128. The fraction of sp³-hybridized carbons (Fsp3) is 0.444. The Labute approximate surface area is 146 Å². The lowest BCUT2D eigenvalue weighted by Crippen LogP contribution is -2.42. The second-order valence-corrected chi connectivity index (χ2v) is 6.66. The highest BCUT2D eigenvalue weighted by atomic mass is 16.5. The summed E-state index contributed by atoms with van der Waals surface area (Å²) in [4.78, 5) is 27.6. The minimum atomic E-state index is -0.158. The van der Waals surface area contributed by atoms with Gasteiger partial charge in [0.05, 0.1) is 31.0 Å². The van der Waals surface area contributed by atoms with E-state index in [1.165, 1.54) is 0 Å². The van der Waals surface area contributed by atoms with Gasteiger partial charge in [0, 0.05) is 38.2 Å². The largest absolute Gasteiger partial charge is 0.380 e. The fourth-order valence-electron chi connectivity index (χ4n) is 3.79. The number of aromatic nitrogens is 3. The number of rotatable bonds is 4. The number of carbonyl (C=O) groups excluding carboxylic acids is 1. The van der Waals surface area contributed by atoms with Gasteiger partial charge in [0.2, 0.25) is 5.91 Å². The normalized spacial score (nSPS) is 26.2. The molecule has 25 heavy (non-hydrogen) atoms. The number of nitrogens with one attached hydrogen (secondary N) is 1. The molecule has 0 aliphatic carbocycles. The minimum Gasteiger partial charge on any atom is -0.380 e. The molecule has 1 amide bonds. The van der Waals surface area contributed by atoms with Crippen LogP contribution >= 0.6 is 0 Å². The zero-order valence-corrected chi connectivity index (χ0v) is 13.9. The first-order valence-electron chi connectivity index (χ1n) is 8.56. The van der Waals surface area contributed by atoms with E-state index in [2.05, 4.69) is 25.2 Å². The van der Waals surface area contributed by atoms with Gasteiger partial charge in [-0.25, -0.2) is 4.98 Å². The Morgan fingerprint density at radius 2 is 2.16 bits per heavy atom.